The van der Waals surface area contributed by atoms with Crippen LogP contribution in [0.5, 0.6) is 0 Å². The molecule has 2 fully saturated rings. The van der Waals surface area contributed by atoms with Crippen molar-refractivity contribution in [1.82, 2.24) is 5.32 Å². The molecule has 3 rings (SSSR count). The van der Waals surface area contributed by atoms with Crippen molar-refractivity contribution in [3.8, 4) is 0 Å². The van der Waals surface area contributed by atoms with Gasteiger partial charge in [-0.3, -0.25) is 0 Å². The number of anilines is 1. The maximum atomic E-state index is 12.8. The van der Waals surface area contributed by atoms with Crippen LogP contribution in [-0.2, 0) is 0 Å². The molecule has 1 heterocycles. The van der Waals surface area contributed by atoms with Gasteiger partial charge in [0.1, 0.15) is 5.82 Å². The van der Waals surface area contributed by atoms with Gasteiger partial charge in [0.2, 0.25) is 0 Å². The van der Waals surface area contributed by atoms with Crippen molar-refractivity contribution in [2.75, 3.05) is 18.0 Å². The second-order valence-electron chi connectivity index (χ2n) is 4.85. The van der Waals surface area contributed by atoms with Crippen LogP contribution in [0.2, 0.25) is 0 Å². The first-order valence-corrected chi connectivity index (χ1v) is 6.08. The summed E-state index contributed by atoms with van der Waals surface area (Å²) in [4.78, 5) is 2.33. The SMILES string of the molecule is Fc1ccc(N2CCC(NC3CC3)C2)cc1. The Hall–Kier alpha value is -1.09. The maximum absolute atomic E-state index is 12.8. The highest BCUT2D eigenvalue weighted by atomic mass is 19.1. The first-order valence-electron chi connectivity index (χ1n) is 6.08. The van der Waals surface area contributed by atoms with E-state index >= 15 is 0 Å². The largest absolute Gasteiger partial charge is 0.370 e. The minimum atomic E-state index is -0.157. The van der Waals surface area contributed by atoms with Gasteiger partial charge in [0.05, 0.1) is 0 Å². The van der Waals surface area contributed by atoms with Crippen LogP contribution in [0.1, 0.15) is 19.3 Å². The molecule has 0 amide bonds. The number of nitrogens with one attached hydrogen (secondary N) is 1. The van der Waals surface area contributed by atoms with E-state index in [0.717, 1.165) is 24.8 Å². The summed E-state index contributed by atoms with van der Waals surface area (Å²) in [6, 6.07) is 8.22. The molecule has 1 aromatic carbocycles. The van der Waals surface area contributed by atoms with Gasteiger partial charge in [-0.25, -0.2) is 4.39 Å². The third-order valence-electron chi connectivity index (χ3n) is 3.43. The summed E-state index contributed by atoms with van der Waals surface area (Å²) in [6.07, 6.45) is 3.88. The Morgan fingerprint density at radius 1 is 1.06 bits per heavy atom. The summed E-state index contributed by atoms with van der Waals surface area (Å²) in [5, 5.41) is 3.65. The van der Waals surface area contributed by atoms with Gasteiger partial charge in [-0.15, -0.1) is 0 Å². The fraction of sp³-hybridized carbons (Fsp3) is 0.538. The average Bonchev–Trinajstić information content (AvgIpc) is 2.97. The van der Waals surface area contributed by atoms with Gasteiger partial charge in [-0.2, -0.15) is 0 Å². The Balaban J connectivity index is 1.61. The predicted octanol–water partition coefficient (Wildman–Crippen LogP) is 2.16. The maximum Gasteiger partial charge on any atom is 0.123 e. The summed E-state index contributed by atoms with van der Waals surface area (Å²) in [5.41, 5.74) is 1.14. The lowest BCUT2D eigenvalue weighted by atomic mass is 10.2. The van der Waals surface area contributed by atoms with Gasteiger partial charge in [-0.05, 0) is 43.5 Å². The van der Waals surface area contributed by atoms with Gasteiger partial charge >= 0.3 is 0 Å². The van der Waals surface area contributed by atoms with E-state index in [4.69, 9.17) is 0 Å². The van der Waals surface area contributed by atoms with Crippen LogP contribution in [0.15, 0.2) is 24.3 Å². The molecule has 3 heteroatoms. The van der Waals surface area contributed by atoms with Crippen LogP contribution in [0, 0.1) is 5.82 Å². The predicted molar refractivity (Wildman–Crippen MR) is 63.2 cm³/mol. The Kier molecular flexibility index (Phi) is 2.56. The Labute approximate surface area is 95.4 Å². The Bertz CT molecular complexity index is 359. The minimum Gasteiger partial charge on any atom is -0.370 e. The molecule has 1 aromatic rings. The monoisotopic (exact) mass is 220 g/mol. The molecule has 1 aliphatic heterocycles. The molecule has 0 spiro atoms. The highest BCUT2D eigenvalue weighted by molar-refractivity contribution is 5.47. The molecule has 1 saturated heterocycles. The van der Waals surface area contributed by atoms with Crippen LogP contribution in [-0.4, -0.2) is 25.2 Å². The van der Waals surface area contributed by atoms with Crippen molar-refractivity contribution in [2.45, 2.75) is 31.3 Å². The van der Waals surface area contributed by atoms with Crippen molar-refractivity contribution < 1.29 is 4.39 Å². The van der Waals surface area contributed by atoms with E-state index in [1.165, 1.54) is 31.4 Å². The first-order chi connectivity index (χ1) is 7.81. The van der Waals surface area contributed by atoms with Gasteiger partial charge in [0, 0.05) is 30.9 Å². The summed E-state index contributed by atoms with van der Waals surface area (Å²) in [7, 11) is 0. The van der Waals surface area contributed by atoms with Gasteiger partial charge < -0.3 is 10.2 Å². The number of rotatable bonds is 3. The second kappa shape index (κ2) is 4.06. The van der Waals surface area contributed by atoms with Crippen molar-refractivity contribution in [2.24, 2.45) is 0 Å². The normalized spacial score (nSPS) is 25.1. The lowest BCUT2D eigenvalue weighted by molar-refractivity contribution is 0.548. The fourth-order valence-electron chi connectivity index (χ4n) is 2.37. The summed E-state index contributed by atoms with van der Waals surface area (Å²) >= 11 is 0. The summed E-state index contributed by atoms with van der Waals surface area (Å²) in [6.45, 7) is 2.14. The van der Waals surface area contributed by atoms with Crippen molar-refractivity contribution in [3.05, 3.63) is 30.1 Å². The Morgan fingerprint density at radius 2 is 1.81 bits per heavy atom. The molecule has 1 unspecified atom stereocenters. The summed E-state index contributed by atoms with van der Waals surface area (Å²) < 4.78 is 12.8. The number of hydrogen-bond acceptors (Lipinski definition) is 2. The molecule has 1 N–H and O–H groups in total. The van der Waals surface area contributed by atoms with Crippen LogP contribution in [0.4, 0.5) is 10.1 Å². The molecule has 0 aromatic heterocycles. The second-order valence-corrected chi connectivity index (χ2v) is 4.85. The van der Waals surface area contributed by atoms with Gasteiger partial charge in [0.15, 0.2) is 0 Å². The van der Waals surface area contributed by atoms with Crippen molar-refractivity contribution in [1.29, 1.82) is 0 Å². The molecule has 0 bridgehead atoms. The third kappa shape index (κ3) is 2.19. The van der Waals surface area contributed by atoms with E-state index < -0.39 is 0 Å². The number of hydrogen-bond donors (Lipinski definition) is 1. The molecule has 1 aliphatic carbocycles. The lowest BCUT2D eigenvalue weighted by Crippen LogP contribution is -2.33. The smallest absolute Gasteiger partial charge is 0.123 e. The van der Waals surface area contributed by atoms with Gasteiger partial charge in [-0.1, -0.05) is 0 Å². The van der Waals surface area contributed by atoms with E-state index in [0.29, 0.717) is 6.04 Å². The number of halogens is 1. The topological polar surface area (TPSA) is 15.3 Å². The first kappa shape index (κ1) is 10.1. The fourth-order valence-corrected chi connectivity index (χ4v) is 2.37. The molecule has 2 nitrogen and oxygen atoms in total. The zero-order chi connectivity index (χ0) is 11.0. The molecular formula is C13H17FN2. The number of benzene rings is 1. The quantitative estimate of drug-likeness (QED) is 0.839. The van der Waals surface area contributed by atoms with E-state index in [1.54, 1.807) is 0 Å². The molecule has 1 atom stereocenters. The van der Waals surface area contributed by atoms with E-state index in [2.05, 4.69) is 10.2 Å². The van der Waals surface area contributed by atoms with Crippen LogP contribution >= 0.6 is 0 Å². The molecule has 2 aliphatic rings. The zero-order valence-corrected chi connectivity index (χ0v) is 9.32. The molecule has 86 valence electrons. The highest BCUT2D eigenvalue weighted by Gasteiger charge is 2.29. The van der Waals surface area contributed by atoms with E-state index in [-0.39, 0.29) is 5.82 Å². The van der Waals surface area contributed by atoms with Gasteiger partial charge in [0.25, 0.3) is 0 Å². The lowest BCUT2D eigenvalue weighted by Gasteiger charge is -2.19. The highest BCUT2D eigenvalue weighted by Crippen LogP contribution is 2.24. The Morgan fingerprint density at radius 3 is 2.50 bits per heavy atom. The minimum absolute atomic E-state index is 0.157. The molecule has 0 radical (unpaired) electrons. The molecule has 1 saturated carbocycles. The van der Waals surface area contributed by atoms with Crippen molar-refractivity contribution >= 4 is 5.69 Å². The zero-order valence-electron chi connectivity index (χ0n) is 9.32. The summed E-state index contributed by atoms with van der Waals surface area (Å²) in [5.74, 6) is -0.157. The standard InChI is InChI=1S/C13H17FN2/c14-10-1-5-13(6-2-10)16-8-7-12(9-16)15-11-3-4-11/h1-2,5-6,11-12,15H,3-4,7-9H2. The average molecular weight is 220 g/mol. The van der Waals surface area contributed by atoms with Crippen LogP contribution < -0.4 is 10.2 Å². The third-order valence-corrected chi connectivity index (χ3v) is 3.43. The van der Waals surface area contributed by atoms with E-state index in [9.17, 15) is 4.39 Å². The van der Waals surface area contributed by atoms with Crippen molar-refractivity contribution in [3.63, 3.8) is 0 Å². The number of nitrogens with zero attached hydrogens (tertiary/aromatic N) is 1. The molecule has 16 heavy (non-hydrogen) atoms. The van der Waals surface area contributed by atoms with Crippen LogP contribution in [0.3, 0.4) is 0 Å². The van der Waals surface area contributed by atoms with E-state index in [1.807, 2.05) is 12.1 Å². The molecular weight excluding hydrogens is 203 g/mol. The van der Waals surface area contributed by atoms with Crippen LogP contribution in [0.25, 0.3) is 0 Å².